The van der Waals surface area contributed by atoms with E-state index in [0.29, 0.717) is 0 Å². The second kappa shape index (κ2) is 6.37. The summed E-state index contributed by atoms with van der Waals surface area (Å²) in [5.41, 5.74) is -3.17. The SMILES string of the molecule is CC(C)(C)[S+]([O-])NC1(C#N)CCSc2c1cnc(C(F)(F)F)c2F. The third-order valence-corrected chi connectivity index (χ3v) is 6.18. The number of hydrogen-bond acceptors (Lipinski definition) is 5. The van der Waals surface area contributed by atoms with Crippen LogP contribution in [-0.4, -0.2) is 20.0 Å². The molecule has 24 heavy (non-hydrogen) atoms. The summed E-state index contributed by atoms with van der Waals surface area (Å²) in [7, 11) is 0. The molecular weight excluding hydrogens is 366 g/mol. The van der Waals surface area contributed by atoms with Gasteiger partial charge < -0.3 is 4.55 Å². The fourth-order valence-corrected chi connectivity index (χ4v) is 4.21. The second-order valence-electron chi connectivity index (χ2n) is 6.26. The van der Waals surface area contributed by atoms with Gasteiger partial charge in [-0.3, -0.25) is 0 Å². The molecule has 0 bridgehead atoms. The van der Waals surface area contributed by atoms with Crippen molar-refractivity contribution >= 4 is 23.1 Å². The Hall–Kier alpha value is -1.02. The Morgan fingerprint density at radius 2 is 2.04 bits per heavy atom. The molecule has 132 valence electrons. The van der Waals surface area contributed by atoms with Gasteiger partial charge in [-0.05, 0) is 27.2 Å². The fourth-order valence-electron chi connectivity index (χ4n) is 2.11. The number of thioether (sulfide) groups is 1. The molecule has 2 rings (SSSR count). The lowest BCUT2D eigenvalue weighted by Gasteiger charge is -2.36. The van der Waals surface area contributed by atoms with Gasteiger partial charge in [0.25, 0.3) is 0 Å². The molecular formula is C14H15F4N3OS2. The number of hydrogen-bond donors (Lipinski definition) is 1. The number of nitrogens with one attached hydrogen (secondary N) is 1. The van der Waals surface area contributed by atoms with Crippen LogP contribution >= 0.6 is 11.8 Å². The van der Waals surface area contributed by atoms with Gasteiger partial charge in [-0.25, -0.2) is 9.37 Å². The highest BCUT2D eigenvalue weighted by molar-refractivity contribution is 7.99. The van der Waals surface area contributed by atoms with Crippen molar-refractivity contribution in [3.8, 4) is 6.07 Å². The standard InChI is InChI=1S/C14H15F4N3OS2/c1-12(2,3)24(22)21-13(7-19)4-5-23-10-8(13)6-20-11(9(10)15)14(16,17)18/h6,21H,4-5H2,1-3H3. The molecule has 1 aromatic rings. The molecule has 0 saturated carbocycles. The van der Waals surface area contributed by atoms with Gasteiger partial charge in [0.1, 0.15) is 4.75 Å². The fraction of sp³-hybridized carbons (Fsp3) is 0.571. The van der Waals surface area contributed by atoms with Gasteiger partial charge in [0.15, 0.2) is 17.1 Å². The summed E-state index contributed by atoms with van der Waals surface area (Å²) in [5, 5.41) is 9.59. The highest BCUT2D eigenvalue weighted by atomic mass is 32.2. The second-order valence-corrected chi connectivity index (χ2v) is 9.33. The van der Waals surface area contributed by atoms with Gasteiger partial charge >= 0.3 is 6.18 Å². The van der Waals surface area contributed by atoms with Crippen molar-refractivity contribution in [2.45, 2.75) is 48.5 Å². The number of halogens is 4. The van der Waals surface area contributed by atoms with Crippen LogP contribution in [-0.2, 0) is 23.1 Å². The van der Waals surface area contributed by atoms with Crippen molar-refractivity contribution < 1.29 is 22.1 Å². The monoisotopic (exact) mass is 381 g/mol. The number of rotatable bonds is 2. The van der Waals surface area contributed by atoms with Crippen molar-refractivity contribution in [1.29, 1.82) is 5.26 Å². The van der Waals surface area contributed by atoms with Crippen LogP contribution in [0.3, 0.4) is 0 Å². The highest BCUT2D eigenvalue weighted by Gasteiger charge is 2.47. The summed E-state index contributed by atoms with van der Waals surface area (Å²) in [5.74, 6) is -1.28. The molecule has 1 aromatic heterocycles. The Morgan fingerprint density at radius 1 is 1.42 bits per heavy atom. The third-order valence-electron chi connectivity index (χ3n) is 3.44. The molecule has 2 atom stereocenters. The molecule has 2 unspecified atom stereocenters. The van der Waals surface area contributed by atoms with Crippen LogP contribution in [0.2, 0.25) is 0 Å². The average Bonchev–Trinajstić information content (AvgIpc) is 2.46. The predicted molar refractivity (Wildman–Crippen MR) is 82.9 cm³/mol. The van der Waals surface area contributed by atoms with Crippen LogP contribution in [0.1, 0.15) is 38.4 Å². The van der Waals surface area contributed by atoms with E-state index in [1.165, 1.54) is 0 Å². The zero-order valence-corrected chi connectivity index (χ0v) is 14.8. The van der Waals surface area contributed by atoms with Crippen LogP contribution in [0.4, 0.5) is 17.6 Å². The first-order chi connectivity index (χ1) is 10.9. The molecule has 0 aliphatic carbocycles. The van der Waals surface area contributed by atoms with Gasteiger partial charge in [-0.1, -0.05) is 0 Å². The van der Waals surface area contributed by atoms with E-state index in [-0.39, 0.29) is 22.6 Å². The zero-order valence-electron chi connectivity index (χ0n) is 13.1. The minimum atomic E-state index is -4.92. The van der Waals surface area contributed by atoms with Crippen LogP contribution in [0.25, 0.3) is 0 Å². The first-order valence-corrected chi connectivity index (χ1v) is 9.06. The third kappa shape index (κ3) is 3.49. The van der Waals surface area contributed by atoms with E-state index < -0.39 is 39.3 Å². The number of nitriles is 1. The number of pyridine rings is 1. The number of aromatic nitrogens is 1. The topological polar surface area (TPSA) is 71.8 Å². The lowest BCUT2D eigenvalue weighted by Crippen LogP contribution is -2.52. The summed E-state index contributed by atoms with van der Waals surface area (Å²) in [6.45, 7) is 5.06. The first-order valence-electron chi connectivity index (χ1n) is 6.92. The summed E-state index contributed by atoms with van der Waals surface area (Å²) < 4.78 is 67.1. The molecule has 2 heterocycles. The van der Waals surface area contributed by atoms with Crippen LogP contribution in [0, 0.1) is 17.1 Å². The Bertz CT molecular complexity index is 684. The van der Waals surface area contributed by atoms with E-state index in [1.54, 1.807) is 20.8 Å². The molecule has 0 radical (unpaired) electrons. The lowest BCUT2D eigenvalue weighted by atomic mass is 9.90. The summed E-state index contributed by atoms with van der Waals surface area (Å²) >= 11 is -0.772. The number of fused-ring (bicyclic) bond motifs is 1. The summed E-state index contributed by atoms with van der Waals surface area (Å²) in [4.78, 5) is 2.90. The van der Waals surface area contributed by atoms with E-state index in [1.807, 2.05) is 6.07 Å². The minimum absolute atomic E-state index is 0.00986. The van der Waals surface area contributed by atoms with Crippen LogP contribution in [0.5, 0.6) is 0 Å². The van der Waals surface area contributed by atoms with Gasteiger partial charge in [-0.2, -0.15) is 18.4 Å². The van der Waals surface area contributed by atoms with Crippen LogP contribution < -0.4 is 4.72 Å². The van der Waals surface area contributed by atoms with Crippen molar-refractivity contribution in [1.82, 2.24) is 9.71 Å². The van der Waals surface area contributed by atoms with E-state index in [9.17, 15) is 27.4 Å². The average molecular weight is 381 g/mol. The maximum absolute atomic E-state index is 14.3. The largest absolute Gasteiger partial charge is 0.598 e. The Morgan fingerprint density at radius 3 is 2.54 bits per heavy atom. The molecule has 0 spiro atoms. The van der Waals surface area contributed by atoms with E-state index in [4.69, 9.17) is 0 Å². The van der Waals surface area contributed by atoms with Crippen molar-refractivity contribution in [3.63, 3.8) is 0 Å². The van der Waals surface area contributed by atoms with Gasteiger partial charge in [0, 0.05) is 28.9 Å². The molecule has 0 fully saturated rings. The van der Waals surface area contributed by atoms with E-state index in [2.05, 4.69) is 9.71 Å². The Labute approximate surface area is 144 Å². The molecule has 1 aliphatic heterocycles. The maximum atomic E-state index is 14.3. The van der Waals surface area contributed by atoms with E-state index in [0.717, 1.165) is 18.0 Å². The molecule has 4 nitrogen and oxygen atoms in total. The van der Waals surface area contributed by atoms with Gasteiger partial charge in [0.05, 0.1) is 11.0 Å². The molecule has 1 aliphatic rings. The zero-order chi connectivity index (χ0) is 18.3. The number of alkyl halides is 3. The van der Waals surface area contributed by atoms with Crippen LogP contribution in [0.15, 0.2) is 11.1 Å². The summed E-state index contributed by atoms with van der Waals surface area (Å²) in [6.07, 6.45) is -3.90. The molecule has 1 N–H and O–H groups in total. The summed E-state index contributed by atoms with van der Waals surface area (Å²) in [6, 6.07) is 1.96. The molecule has 0 saturated heterocycles. The molecule has 10 heteroatoms. The lowest BCUT2D eigenvalue weighted by molar-refractivity contribution is -0.144. The number of nitrogens with zero attached hydrogens (tertiary/aromatic N) is 2. The minimum Gasteiger partial charge on any atom is -0.598 e. The quantitative estimate of drug-likeness (QED) is 0.627. The van der Waals surface area contributed by atoms with Crippen molar-refractivity contribution in [2.75, 3.05) is 5.75 Å². The van der Waals surface area contributed by atoms with Gasteiger partial charge in [0.2, 0.25) is 0 Å². The Kier molecular flexibility index (Phi) is 5.12. The Balaban J connectivity index is 2.55. The van der Waals surface area contributed by atoms with Gasteiger partial charge in [-0.15, -0.1) is 16.5 Å². The predicted octanol–water partition coefficient (Wildman–Crippen LogP) is 3.51. The normalized spacial score (nSPS) is 22.6. The first kappa shape index (κ1) is 19.3. The van der Waals surface area contributed by atoms with Crippen molar-refractivity contribution in [3.05, 3.63) is 23.3 Å². The highest BCUT2D eigenvalue weighted by Crippen LogP contribution is 2.44. The van der Waals surface area contributed by atoms with E-state index >= 15 is 0 Å². The molecule has 0 amide bonds. The smallest absolute Gasteiger partial charge is 0.436 e. The van der Waals surface area contributed by atoms with Crippen molar-refractivity contribution in [2.24, 2.45) is 0 Å². The maximum Gasteiger partial charge on any atom is 0.436 e. The molecule has 0 aromatic carbocycles.